The first-order valence-corrected chi connectivity index (χ1v) is 12.8. The second kappa shape index (κ2) is 9.21. The van der Waals surface area contributed by atoms with Gasteiger partial charge in [-0.25, -0.2) is 0 Å². The van der Waals surface area contributed by atoms with Crippen molar-refractivity contribution in [1.29, 1.82) is 0 Å². The van der Waals surface area contributed by atoms with Gasteiger partial charge in [0.25, 0.3) is 0 Å². The van der Waals surface area contributed by atoms with Gasteiger partial charge in [0.1, 0.15) is 0 Å². The molecule has 6 heteroatoms. The molecule has 0 saturated carbocycles. The number of nitrogens with one attached hydrogen (secondary N) is 1. The van der Waals surface area contributed by atoms with Crippen molar-refractivity contribution in [1.82, 2.24) is 9.80 Å². The van der Waals surface area contributed by atoms with E-state index in [1.165, 1.54) is 0 Å². The molecule has 2 aliphatic heterocycles. The Morgan fingerprint density at radius 2 is 1.85 bits per heavy atom. The number of piperazine rings is 1. The van der Waals surface area contributed by atoms with Gasteiger partial charge in [0.05, 0.1) is 24.0 Å². The zero-order valence-corrected chi connectivity index (χ0v) is 20.8. The largest absolute Gasteiger partial charge is 0.357 e. The first-order chi connectivity index (χ1) is 16.3. The third-order valence-corrected chi connectivity index (χ3v) is 7.97. The van der Waals surface area contributed by atoms with E-state index in [2.05, 4.69) is 60.3 Å². The summed E-state index contributed by atoms with van der Waals surface area (Å²) < 4.78 is 0. The van der Waals surface area contributed by atoms with Crippen LogP contribution in [0.15, 0.2) is 47.7 Å². The molecule has 4 aliphatic rings. The highest BCUT2D eigenvalue weighted by molar-refractivity contribution is 6.01. The average Bonchev–Trinajstić information content (AvgIpc) is 2.94. The second-order valence-electron chi connectivity index (χ2n) is 11.3. The van der Waals surface area contributed by atoms with Crippen molar-refractivity contribution in [3.05, 3.63) is 47.7 Å². The van der Waals surface area contributed by atoms with Crippen LogP contribution in [0, 0.1) is 11.3 Å². The number of hydrogen-bond donors (Lipinski definition) is 1. The summed E-state index contributed by atoms with van der Waals surface area (Å²) in [6, 6.07) is 8.19. The third kappa shape index (κ3) is 4.52. The number of benzene rings is 1. The molecule has 1 aromatic rings. The second-order valence-corrected chi connectivity index (χ2v) is 11.3. The third-order valence-electron chi connectivity index (χ3n) is 7.97. The number of amides is 1. The van der Waals surface area contributed by atoms with Gasteiger partial charge in [0, 0.05) is 43.9 Å². The van der Waals surface area contributed by atoms with Gasteiger partial charge in [-0.2, -0.15) is 0 Å². The van der Waals surface area contributed by atoms with Gasteiger partial charge < -0.3 is 20.0 Å². The summed E-state index contributed by atoms with van der Waals surface area (Å²) in [5, 5.41) is 3.67. The molecule has 0 spiro atoms. The Kier molecular flexibility index (Phi) is 6.28. The summed E-state index contributed by atoms with van der Waals surface area (Å²) in [7, 11) is 2.11. The van der Waals surface area contributed by atoms with Crippen LogP contribution < -0.4 is 10.2 Å². The minimum absolute atomic E-state index is 0.0697. The van der Waals surface area contributed by atoms with Crippen LogP contribution in [0.1, 0.15) is 46.0 Å². The van der Waals surface area contributed by atoms with E-state index in [9.17, 15) is 9.59 Å². The lowest BCUT2D eigenvalue weighted by atomic mass is 9.71. The molecule has 0 aromatic heterocycles. The number of nitrogens with zero attached hydrogens (tertiary/aromatic N) is 3. The number of likely N-dealkylation sites (N-methyl/N-ethyl adjacent to an activating group) is 1. The van der Waals surface area contributed by atoms with E-state index in [1.54, 1.807) is 0 Å². The monoisotopic (exact) mass is 462 g/mol. The summed E-state index contributed by atoms with van der Waals surface area (Å²) in [4.78, 5) is 33.9. The summed E-state index contributed by atoms with van der Waals surface area (Å²) >= 11 is 0. The normalized spacial score (nSPS) is 27.1. The summed E-state index contributed by atoms with van der Waals surface area (Å²) in [5.74, 6) is 0.712. The molecule has 1 amide bonds. The van der Waals surface area contributed by atoms with Gasteiger partial charge in [0.15, 0.2) is 5.78 Å². The number of Topliss-reactive ketones (excluding diaryl/α,β-unsaturated/α-hetero) is 1. The summed E-state index contributed by atoms with van der Waals surface area (Å²) in [5.41, 5.74) is 3.94. The molecule has 6 nitrogen and oxygen atoms in total. The number of hydrogen-bond acceptors (Lipinski definition) is 5. The molecule has 5 rings (SSSR count). The highest BCUT2D eigenvalue weighted by Gasteiger charge is 2.44. The molecule has 2 aliphatic carbocycles. The number of carbonyl (C=O) groups excluding carboxylic acids is 2. The Bertz CT molecular complexity index is 1020. The van der Waals surface area contributed by atoms with Crippen molar-refractivity contribution >= 4 is 23.1 Å². The SMILES string of the molecule is CN1CCN(C(=O)CN2c3ccccc3NC3=C(C(=O)CC(C)(C)C3)[C@@H]2[C@@H]2CC=CCC2)CC1. The minimum Gasteiger partial charge on any atom is -0.357 e. The van der Waals surface area contributed by atoms with E-state index >= 15 is 0 Å². The van der Waals surface area contributed by atoms with Gasteiger partial charge in [0.2, 0.25) is 5.91 Å². The van der Waals surface area contributed by atoms with Gasteiger partial charge in [-0.15, -0.1) is 0 Å². The summed E-state index contributed by atoms with van der Waals surface area (Å²) in [6.45, 7) is 8.01. The standard InChI is InChI=1S/C28H38N4O2/c1-28(2)17-22-26(24(33)18-28)27(20-9-5-4-6-10-20)32(23-12-8-7-11-21(23)29-22)19-25(34)31-15-13-30(3)14-16-31/h4-5,7-8,11-12,20,27,29H,6,9-10,13-19H2,1-3H3/t20-,27+/m1/s1. The van der Waals surface area contributed by atoms with E-state index in [1.807, 2.05) is 17.0 Å². The minimum atomic E-state index is -0.0869. The molecule has 2 atom stereocenters. The van der Waals surface area contributed by atoms with Crippen molar-refractivity contribution < 1.29 is 9.59 Å². The number of para-hydroxylation sites is 2. The maximum Gasteiger partial charge on any atom is 0.242 e. The zero-order valence-electron chi connectivity index (χ0n) is 20.8. The van der Waals surface area contributed by atoms with Crippen molar-refractivity contribution in [2.45, 2.75) is 52.0 Å². The number of carbonyl (C=O) groups is 2. The van der Waals surface area contributed by atoms with Crippen LogP contribution in [0.4, 0.5) is 11.4 Å². The van der Waals surface area contributed by atoms with Gasteiger partial charge in [-0.3, -0.25) is 9.59 Å². The Morgan fingerprint density at radius 1 is 1.09 bits per heavy atom. The molecule has 1 saturated heterocycles. The van der Waals surface area contributed by atoms with E-state index in [0.29, 0.717) is 18.9 Å². The zero-order chi connectivity index (χ0) is 23.9. The van der Waals surface area contributed by atoms with Crippen LogP contribution in [0.3, 0.4) is 0 Å². The number of rotatable bonds is 3. The number of ketones is 1. The predicted octanol–water partition coefficient (Wildman–Crippen LogP) is 4.06. The smallest absolute Gasteiger partial charge is 0.242 e. The van der Waals surface area contributed by atoms with Crippen LogP contribution in [-0.4, -0.2) is 67.3 Å². The van der Waals surface area contributed by atoms with Crippen molar-refractivity contribution in [2.75, 3.05) is 50.0 Å². The van der Waals surface area contributed by atoms with Crippen molar-refractivity contribution in [2.24, 2.45) is 11.3 Å². The number of allylic oxidation sites excluding steroid dienone is 3. The highest BCUT2D eigenvalue weighted by atomic mass is 16.2. The molecule has 1 fully saturated rings. The Morgan fingerprint density at radius 3 is 2.59 bits per heavy atom. The van der Waals surface area contributed by atoms with Crippen molar-refractivity contribution in [3.63, 3.8) is 0 Å². The van der Waals surface area contributed by atoms with Crippen LogP contribution in [-0.2, 0) is 9.59 Å². The van der Waals surface area contributed by atoms with E-state index in [-0.39, 0.29) is 23.1 Å². The Labute approximate surface area is 203 Å². The highest BCUT2D eigenvalue weighted by Crippen LogP contribution is 2.46. The Hall–Kier alpha value is -2.60. The topological polar surface area (TPSA) is 55.9 Å². The van der Waals surface area contributed by atoms with Gasteiger partial charge >= 0.3 is 0 Å². The fourth-order valence-electron chi connectivity index (χ4n) is 6.17. The molecular formula is C28H38N4O2. The maximum absolute atomic E-state index is 13.7. The molecule has 1 aromatic carbocycles. The van der Waals surface area contributed by atoms with E-state index in [0.717, 1.165) is 74.5 Å². The molecule has 2 heterocycles. The molecule has 182 valence electrons. The van der Waals surface area contributed by atoms with Crippen LogP contribution in [0.25, 0.3) is 0 Å². The molecule has 0 unspecified atom stereocenters. The first-order valence-electron chi connectivity index (χ1n) is 12.8. The van der Waals surface area contributed by atoms with Crippen LogP contribution in [0.2, 0.25) is 0 Å². The molecular weight excluding hydrogens is 424 g/mol. The molecule has 1 N–H and O–H groups in total. The fourth-order valence-corrected chi connectivity index (χ4v) is 6.17. The van der Waals surface area contributed by atoms with Crippen molar-refractivity contribution in [3.8, 4) is 0 Å². The maximum atomic E-state index is 13.7. The number of anilines is 2. The molecule has 0 bridgehead atoms. The first kappa shape index (κ1) is 23.2. The van der Waals surface area contributed by atoms with Crippen LogP contribution >= 0.6 is 0 Å². The lowest BCUT2D eigenvalue weighted by Crippen LogP contribution is -2.53. The quantitative estimate of drug-likeness (QED) is 0.687. The number of fused-ring (bicyclic) bond motifs is 1. The van der Waals surface area contributed by atoms with E-state index in [4.69, 9.17) is 0 Å². The average molecular weight is 463 g/mol. The molecule has 0 radical (unpaired) electrons. The summed E-state index contributed by atoms with van der Waals surface area (Å²) in [6.07, 6.45) is 8.93. The predicted molar refractivity (Wildman–Crippen MR) is 137 cm³/mol. The lowest BCUT2D eigenvalue weighted by Gasteiger charge is -2.42. The lowest BCUT2D eigenvalue weighted by molar-refractivity contribution is -0.131. The fraction of sp³-hybridized carbons (Fsp3) is 0.571. The molecule has 34 heavy (non-hydrogen) atoms. The van der Waals surface area contributed by atoms with Gasteiger partial charge in [-0.1, -0.05) is 38.1 Å². The van der Waals surface area contributed by atoms with Gasteiger partial charge in [-0.05, 0) is 56.2 Å². The Balaban J connectivity index is 1.58. The van der Waals surface area contributed by atoms with E-state index < -0.39 is 0 Å². The van der Waals surface area contributed by atoms with Crippen LogP contribution in [0.5, 0.6) is 0 Å².